The molecule has 22 heavy (non-hydrogen) atoms. The van der Waals surface area contributed by atoms with Crippen LogP contribution in [-0.2, 0) is 9.59 Å². The van der Waals surface area contributed by atoms with E-state index < -0.39 is 6.04 Å². The molecule has 1 atom stereocenters. The lowest BCUT2D eigenvalue weighted by atomic mass is 10.1. The molecule has 1 saturated heterocycles. The van der Waals surface area contributed by atoms with Crippen molar-refractivity contribution >= 4 is 17.7 Å². The van der Waals surface area contributed by atoms with Crippen molar-refractivity contribution < 1.29 is 14.4 Å². The van der Waals surface area contributed by atoms with E-state index >= 15 is 0 Å². The SMILES string of the molecule is CC(=O)N1CCN(C(=O)c2cccnc2)C(C(=O)N(C)C)C1. The molecule has 0 aliphatic carbocycles. The van der Waals surface area contributed by atoms with Gasteiger partial charge in [0.05, 0.1) is 12.1 Å². The summed E-state index contributed by atoms with van der Waals surface area (Å²) in [5.41, 5.74) is 0.440. The number of rotatable bonds is 2. The molecule has 0 spiro atoms. The molecule has 7 nitrogen and oxygen atoms in total. The monoisotopic (exact) mass is 304 g/mol. The van der Waals surface area contributed by atoms with Gasteiger partial charge >= 0.3 is 0 Å². The Labute approximate surface area is 129 Å². The zero-order chi connectivity index (χ0) is 16.3. The number of amides is 3. The lowest BCUT2D eigenvalue weighted by Gasteiger charge is -2.41. The number of piperazine rings is 1. The van der Waals surface area contributed by atoms with E-state index in [9.17, 15) is 14.4 Å². The fraction of sp³-hybridized carbons (Fsp3) is 0.467. The Morgan fingerprint density at radius 1 is 1.27 bits per heavy atom. The van der Waals surface area contributed by atoms with E-state index in [0.717, 1.165) is 0 Å². The first kappa shape index (κ1) is 15.9. The summed E-state index contributed by atoms with van der Waals surface area (Å²) >= 11 is 0. The molecule has 1 aromatic heterocycles. The van der Waals surface area contributed by atoms with E-state index in [2.05, 4.69) is 4.98 Å². The third-order valence-corrected chi connectivity index (χ3v) is 3.72. The van der Waals surface area contributed by atoms with Gasteiger partial charge in [-0.25, -0.2) is 0 Å². The number of hydrogen-bond acceptors (Lipinski definition) is 4. The summed E-state index contributed by atoms with van der Waals surface area (Å²) < 4.78 is 0. The lowest BCUT2D eigenvalue weighted by molar-refractivity contribution is -0.139. The van der Waals surface area contributed by atoms with E-state index in [-0.39, 0.29) is 24.3 Å². The number of pyridine rings is 1. The summed E-state index contributed by atoms with van der Waals surface area (Å²) in [6.45, 7) is 2.45. The third-order valence-electron chi connectivity index (χ3n) is 3.72. The predicted octanol–water partition coefficient (Wildman–Crippen LogP) is -0.157. The van der Waals surface area contributed by atoms with Crippen molar-refractivity contribution in [3.63, 3.8) is 0 Å². The molecule has 0 N–H and O–H groups in total. The summed E-state index contributed by atoms with van der Waals surface area (Å²) in [6.07, 6.45) is 3.07. The standard InChI is InChI=1S/C15H20N4O3/c1-11(20)18-7-8-19(13(10-18)15(22)17(2)3)14(21)12-5-4-6-16-9-12/h4-6,9,13H,7-8,10H2,1-3H3. The van der Waals surface area contributed by atoms with Crippen molar-refractivity contribution in [2.24, 2.45) is 0 Å². The highest BCUT2D eigenvalue weighted by Gasteiger charge is 2.37. The van der Waals surface area contributed by atoms with E-state index in [1.807, 2.05) is 0 Å². The zero-order valence-electron chi connectivity index (χ0n) is 13.0. The van der Waals surface area contributed by atoms with Gasteiger partial charge in [-0.05, 0) is 12.1 Å². The van der Waals surface area contributed by atoms with Crippen molar-refractivity contribution in [3.05, 3.63) is 30.1 Å². The molecule has 1 aromatic rings. The van der Waals surface area contributed by atoms with Crippen LogP contribution in [0.3, 0.4) is 0 Å². The molecule has 0 aromatic carbocycles. The number of hydrogen-bond donors (Lipinski definition) is 0. The minimum Gasteiger partial charge on any atom is -0.347 e. The first-order valence-corrected chi connectivity index (χ1v) is 7.09. The predicted molar refractivity (Wildman–Crippen MR) is 80.0 cm³/mol. The summed E-state index contributed by atoms with van der Waals surface area (Å²) in [7, 11) is 3.28. The van der Waals surface area contributed by atoms with Crippen LogP contribution in [-0.4, -0.2) is 77.2 Å². The molecule has 118 valence electrons. The molecular weight excluding hydrogens is 284 g/mol. The van der Waals surface area contributed by atoms with E-state index in [1.54, 1.807) is 37.3 Å². The summed E-state index contributed by atoms with van der Waals surface area (Å²) in [4.78, 5) is 45.1. The average molecular weight is 304 g/mol. The Morgan fingerprint density at radius 3 is 2.55 bits per heavy atom. The van der Waals surface area contributed by atoms with Gasteiger partial charge in [0.25, 0.3) is 5.91 Å². The van der Waals surface area contributed by atoms with Gasteiger partial charge in [-0.2, -0.15) is 0 Å². The van der Waals surface area contributed by atoms with Gasteiger partial charge in [0.2, 0.25) is 11.8 Å². The van der Waals surface area contributed by atoms with Crippen LogP contribution in [0.2, 0.25) is 0 Å². The number of carbonyl (C=O) groups excluding carboxylic acids is 3. The molecule has 0 saturated carbocycles. The minimum absolute atomic E-state index is 0.0926. The molecule has 7 heteroatoms. The van der Waals surface area contributed by atoms with Crippen LogP contribution in [0.4, 0.5) is 0 Å². The van der Waals surface area contributed by atoms with Crippen LogP contribution in [0.1, 0.15) is 17.3 Å². The average Bonchev–Trinajstić information content (AvgIpc) is 2.53. The van der Waals surface area contributed by atoms with Crippen LogP contribution in [0.25, 0.3) is 0 Å². The maximum atomic E-state index is 12.6. The van der Waals surface area contributed by atoms with Gasteiger partial charge in [-0.15, -0.1) is 0 Å². The van der Waals surface area contributed by atoms with Crippen LogP contribution in [0.5, 0.6) is 0 Å². The summed E-state index contributed by atoms with van der Waals surface area (Å²) in [5, 5.41) is 0. The van der Waals surface area contributed by atoms with Crippen LogP contribution >= 0.6 is 0 Å². The third kappa shape index (κ3) is 3.24. The smallest absolute Gasteiger partial charge is 0.256 e. The molecule has 1 aliphatic rings. The Kier molecular flexibility index (Phi) is 4.75. The zero-order valence-corrected chi connectivity index (χ0v) is 13.0. The second-order valence-electron chi connectivity index (χ2n) is 5.45. The second kappa shape index (κ2) is 6.55. The molecule has 0 bridgehead atoms. The fourth-order valence-electron chi connectivity index (χ4n) is 2.48. The summed E-state index contributed by atoms with van der Waals surface area (Å²) in [5.74, 6) is -0.523. The first-order chi connectivity index (χ1) is 10.4. The van der Waals surface area contributed by atoms with Gasteiger partial charge in [0.15, 0.2) is 0 Å². The number of likely N-dealkylation sites (N-methyl/N-ethyl adjacent to an activating group) is 1. The van der Waals surface area contributed by atoms with Crippen molar-refractivity contribution in [1.29, 1.82) is 0 Å². The number of carbonyl (C=O) groups is 3. The normalized spacial score (nSPS) is 18.0. The molecule has 1 fully saturated rings. The molecule has 1 unspecified atom stereocenters. The van der Waals surface area contributed by atoms with Crippen molar-refractivity contribution in [2.75, 3.05) is 33.7 Å². The minimum atomic E-state index is -0.666. The molecule has 2 rings (SSSR count). The van der Waals surface area contributed by atoms with Crippen molar-refractivity contribution in [3.8, 4) is 0 Å². The molecule has 3 amide bonds. The maximum absolute atomic E-state index is 12.6. The number of nitrogens with zero attached hydrogens (tertiary/aromatic N) is 4. The second-order valence-corrected chi connectivity index (χ2v) is 5.45. The van der Waals surface area contributed by atoms with Crippen LogP contribution < -0.4 is 0 Å². The Morgan fingerprint density at radius 2 is 2.00 bits per heavy atom. The van der Waals surface area contributed by atoms with E-state index in [1.165, 1.54) is 22.9 Å². The van der Waals surface area contributed by atoms with E-state index in [4.69, 9.17) is 0 Å². The summed E-state index contributed by atoms with van der Waals surface area (Å²) in [6, 6.07) is 2.69. The molecule has 1 aliphatic heterocycles. The topological polar surface area (TPSA) is 73.8 Å². The lowest BCUT2D eigenvalue weighted by Crippen LogP contribution is -2.61. The Hall–Kier alpha value is -2.44. The molecule has 0 radical (unpaired) electrons. The number of aromatic nitrogens is 1. The van der Waals surface area contributed by atoms with Gasteiger partial charge in [-0.3, -0.25) is 19.4 Å². The molecular formula is C15H20N4O3. The highest BCUT2D eigenvalue weighted by Crippen LogP contribution is 2.15. The molecule has 2 heterocycles. The van der Waals surface area contributed by atoms with Gasteiger partial charge in [-0.1, -0.05) is 0 Å². The van der Waals surface area contributed by atoms with Crippen LogP contribution in [0, 0.1) is 0 Å². The van der Waals surface area contributed by atoms with E-state index in [0.29, 0.717) is 18.7 Å². The largest absolute Gasteiger partial charge is 0.347 e. The van der Waals surface area contributed by atoms with Gasteiger partial charge in [0.1, 0.15) is 6.04 Å². The van der Waals surface area contributed by atoms with Crippen molar-refractivity contribution in [1.82, 2.24) is 19.7 Å². The van der Waals surface area contributed by atoms with Crippen molar-refractivity contribution in [2.45, 2.75) is 13.0 Å². The quantitative estimate of drug-likeness (QED) is 0.761. The first-order valence-electron chi connectivity index (χ1n) is 7.09. The highest BCUT2D eigenvalue weighted by molar-refractivity contribution is 5.97. The van der Waals surface area contributed by atoms with Gasteiger partial charge in [0, 0.05) is 46.5 Å². The highest BCUT2D eigenvalue weighted by atomic mass is 16.2. The maximum Gasteiger partial charge on any atom is 0.256 e. The van der Waals surface area contributed by atoms with Crippen LogP contribution in [0.15, 0.2) is 24.5 Å². The Bertz CT molecular complexity index is 573. The fourth-order valence-corrected chi connectivity index (χ4v) is 2.48. The Balaban J connectivity index is 2.26. The van der Waals surface area contributed by atoms with Gasteiger partial charge < -0.3 is 14.7 Å².